The summed E-state index contributed by atoms with van der Waals surface area (Å²) in [5.41, 5.74) is 2.06. The molecule has 1 saturated carbocycles. The molecule has 1 unspecified atom stereocenters. The Kier molecular flexibility index (Phi) is 3.87. The zero-order valence-electron chi connectivity index (χ0n) is 11.0. The van der Waals surface area contributed by atoms with E-state index in [2.05, 4.69) is 25.9 Å². The molecule has 0 aromatic carbocycles. The number of rotatable bonds is 4. The molecule has 0 aliphatic heterocycles. The van der Waals surface area contributed by atoms with Gasteiger partial charge in [0.1, 0.15) is 5.69 Å². The van der Waals surface area contributed by atoms with E-state index in [4.69, 9.17) is 9.15 Å². The molecular formula is C14H15BrN2O3. The Morgan fingerprint density at radius 2 is 2.25 bits per heavy atom. The van der Waals surface area contributed by atoms with Gasteiger partial charge in [0, 0.05) is 24.8 Å². The molecule has 2 heterocycles. The van der Waals surface area contributed by atoms with Crippen molar-refractivity contribution in [2.24, 2.45) is 0 Å². The average molecular weight is 339 g/mol. The van der Waals surface area contributed by atoms with Crippen LogP contribution >= 0.6 is 15.9 Å². The third-order valence-electron chi connectivity index (χ3n) is 3.59. The summed E-state index contributed by atoms with van der Waals surface area (Å²) >= 11 is 3.41. The third kappa shape index (κ3) is 2.51. The first kappa shape index (κ1) is 13.7. The topological polar surface area (TPSA) is 68.4 Å². The Balaban J connectivity index is 1.86. The largest absolute Gasteiger partial charge is 0.433 e. The van der Waals surface area contributed by atoms with Gasteiger partial charge in [0.05, 0.1) is 5.69 Å². The van der Waals surface area contributed by atoms with Gasteiger partial charge in [-0.1, -0.05) is 6.42 Å². The van der Waals surface area contributed by atoms with Crippen LogP contribution in [0.3, 0.4) is 0 Å². The molecule has 1 N–H and O–H groups in total. The molecule has 0 saturated heterocycles. The van der Waals surface area contributed by atoms with Crippen LogP contribution in [-0.2, 0) is 4.74 Å². The highest BCUT2D eigenvalue weighted by atomic mass is 79.9. The smallest absolute Gasteiger partial charge is 0.199 e. The van der Waals surface area contributed by atoms with Crippen molar-refractivity contribution < 1.29 is 14.3 Å². The lowest BCUT2D eigenvalue weighted by molar-refractivity contribution is -0.0798. The van der Waals surface area contributed by atoms with Gasteiger partial charge in [-0.2, -0.15) is 0 Å². The SMILES string of the molecule is COC(O)c1ccc(-c2nc(C3CCC3)oc2Br)cn1. The molecule has 6 heteroatoms. The Labute approximate surface area is 125 Å². The van der Waals surface area contributed by atoms with Gasteiger partial charge in [-0.05, 0) is 40.9 Å². The molecule has 1 fully saturated rings. The minimum atomic E-state index is -1.00. The van der Waals surface area contributed by atoms with E-state index in [-0.39, 0.29) is 0 Å². The summed E-state index contributed by atoms with van der Waals surface area (Å²) in [6, 6.07) is 3.56. The van der Waals surface area contributed by atoms with Crippen molar-refractivity contribution in [2.75, 3.05) is 7.11 Å². The molecule has 2 aromatic heterocycles. The van der Waals surface area contributed by atoms with Crippen molar-refractivity contribution in [2.45, 2.75) is 31.5 Å². The Hall–Kier alpha value is -1.24. The summed E-state index contributed by atoms with van der Waals surface area (Å²) in [6.07, 6.45) is 4.18. The molecule has 106 valence electrons. The lowest BCUT2D eigenvalue weighted by atomic mass is 9.85. The lowest BCUT2D eigenvalue weighted by Crippen LogP contribution is -2.08. The summed E-state index contributed by atoms with van der Waals surface area (Å²) in [5.74, 6) is 1.24. The van der Waals surface area contributed by atoms with Crippen molar-refractivity contribution >= 4 is 15.9 Å². The van der Waals surface area contributed by atoms with Gasteiger partial charge in [-0.25, -0.2) is 4.98 Å². The van der Waals surface area contributed by atoms with E-state index in [1.54, 1.807) is 12.3 Å². The average Bonchev–Trinajstić information content (AvgIpc) is 2.77. The summed E-state index contributed by atoms with van der Waals surface area (Å²) in [6.45, 7) is 0. The van der Waals surface area contributed by atoms with E-state index in [9.17, 15) is 5.11 Å². The van der Waals surface area contributed by atoms with Crippen LogP contribution in [0, 0.1) is 0 Å². The third-order valence-corrected chi connectivity index (χ3v) is 4.13. The van der Waals surface area contributed by atoms with Crippen LogP contribution in [0.5, 0.6) is 0 Å². The van der Waals surface area contributed by atoms with Crippen LogP contribution in [0.15, 0.2) is 27.4 Å². The highest BCUT2D eigenvalue weighted by molar-refractivity contribution is 9.10. The van der Waals surface area contributed by atoms with E-state index in [0.29, 0.717) is 16.3 Å². The van der Waals surface area contributed by atoms with E-state index >= 15 is 0 Å². The first-order chi connectivity index (χ1) is 9.69. The first-order valence-electron chi connectivity index (χ1n) is 6.52. The second-order valence-electron chi connectivity index (χ2n) is 4.86. The molecule has 20 heavy (non-hydrogen) atoms. The molecule has 1 aliphatic rings. The molecule has 1 atom stereocenters. The maximum atomic E-state index is 9.53. The molecule has 0 bridgehead atoms. The second kappa shape index (κ2) is 5.63. The standard InChI is InChI=1S/C14H15BrN2O3/c1-19-14(18)10-6-5-9(7-16-10)11-12(15)20-13(17-11)8-3-2-4-8/h5-8,14,18H,2-4H2,1H3. The van der Waals surface area contributed by atoms with Crippen LogP contribution < -0.4 is 0 Å². The number of pyridine rings is 1. The van der Waals surface area contributed by atoms with Gasteiger partial charge >= 0.3 is 0 Å². The number of hydrogen-bond donors (Lipinski definition) is 1. The quantitative estimate of drug-likeness (QED) is 0.865. The molecule has 0 spiro atoms. The molecule has 3 rings (SSSR count). The number of oxazole rings is 1. The summed E-state index contributed by atoms with van der Waals surface area (Å²) in [5, 5.41) is 9.53. The predicted molar refractivity (Wildman–Crippen MR) is 76.0 cm³/mol. The van der Waals surface area contributed by atoms with Crippen molar-refractivity contribution in [3.63, 3.8) is 0 Å². The van der Waals surface area contributed by atoms with Gasteiger partial charge < -0.3 is 14.3 Å². The second-order valence-corrected chi connectivity index (χ2v) is 5.58. The normalized spacial score (nSPS) is 16.9. The van der Waals surface area contributed by atoms with Crippen LogP contribution in [0.2, 0.25) is 0 Å². The zero-order valence-corrected chi connectivity index (χ0v) is 12.6. The molecule has 2 aromatic rings. The Morgan fingerprint density at radius 3 is 2.80 bits per heavy atom. The first-order valence-corrected chi connectivity index (χ1v) is 7.31. The number of aromatic nitrogens is 2. The van der Waals surface area contributed by atoms with Crippen molar-refractivity contribution in [3.8, 4) is 11.3 Å². The van der Waals surface area contributed by atoms with Gasteiger partial charge in [-0.15, -0.1) is 0 Å². The van der Waals surface area contributed by atoms with Crippen LogP contribution in [0.1, 0.15) is 43.1 Å². The fourth-order valence-electron chi connectivity index (χ4n) is 2.14. The molecule has 5 nitrogen and oxygen atoms in total. The number of nitrogens with zero attached hydrogens (tertiary/aromatic N) is 2. The van der Waals surface area contributed by atoms with E-state index < -0.39 is 6.29 Å². The molecule has 0 amide bonds. The highest BCUT2D eigenvalue weighted by Gasteiger charge is 2.26. The molecule has 1 aliphatic carbocycles. The molecular weight excluding hydrogens is 324 g/mol. The van der Waals surface area contributed by atoms with Crippen LogP contribution in [0.25, 0.3) is 11.3 Å². The van der Waals surface area contributed by atoms with Crippen molar-refractivity contribution in [3.05, 3.63) is 34.6 Å². The van der Waals surface area contributed by atoms with Gasteiger partial charge in [0.15, 0.2) is 16.9 Å². The summed E-state index contributed by atoms with van der Waals surface area (Å²) in [7, 11) is 1.43. The van der Waals surface area contributed by atoms with Gasteiger partial charge in [-0.3, -0.25) is 4.98 Å². The minimum absolute atomic E-state index is 0.447. The fourth-order valence-corrected chi connectivity index (χ4v) is 2.62. The van der Waals surface area contributed by atoms with E-state index in [1.165, 1.54) is 13.5 Å². The zero-order chi connectivity index (χ0) is 14.1. The maximum Gasteiger partial charge on any atom is 0.199 e. The fraction of sp³-hybridized carbons (Fsp3) is 0.429. The van der Waals surface area contributed by atoms with Gasteiger partial charge in [0.25, 0.3) is 0 Å². The summed E-state index contributed by atoms with van der Waals surface area (Å²) in [4.78, 5) is 8.73. The van der Waals surface area contributed by atoms with Crippen molar-refractivity contribution in [1.29, 1.82) is 0 Å². The van der Waals surface area contributed by atoms with Crippen molar-refractivity contribution in [1.82, 2.24) is 9.97 Å². The predicted octanol–water partition coefficient (Wildman–Crippen LogP) is 3.40. The monoisotopic (exact) mass is 338 g/mol. The van der Waals surface area contributed by atoms with E-state index in [1.807, 2.05) is 6.07 Å². The Bertz CT molecular complexity index is 593. The van der Waals surface area contributed by atoms with Gasteiger partial charge in [0.2, 0.25) is 0 Å². The number of hydrogen-bond acceptors (Lipinski definition) is 5. The minimum Gasteiger partial charge on any atom is -0.433 e. The molecule has 0 radical (unpaired) electrons. The number of ether oxygens (including phenoxy) is 1. The van der Waals surface area contributed by atoms with Crippen LogP contribution in [0.4, 0.5) is 0 Å². The summed E-state index contributed by atoms with van der Waals surface area (Å²) < 4.78 is 11.1. The number of halogens is 1. The Morgan fingerprint density at radius 1 is 1.45 bits per heavy atom. The highest BCUT2D eigenvalue weighted by Crippen LogP contribution is 2.39. The number of aliphatic hydroxyl groups excluding tert-OH is 1. The lowest BCUT2D eigenvalue weighted by Gasteiger charge is -2.21. The van der Waals surface area contributed by atoms with E-state index in [0.717, 1.165) is 30.0 Å². The van der Waals surface area contributed by atoms with Crippen LogP contribution in [-0.4, -0.2) is 22.2 Å². The maximum absolute atomic E-state index is 9.53. The number of methoxy groups -OCH3 is 1. The number of aliphatic hydroxyl groups is 1.